The molecule has 1 fully saturated rings. The standard InChI is InChI=1S/C13H23NO6/c15-7-13(8-16,9-17)14-10(18)6-12(11(19)20)4-2-1-3-5-12/h15-17H,1-9H2,(H,14,18)(H,19,20). The van der Waals surface area contributed by atoms with Gasteiger partial charge in [-0.25, -0.2) is 0 Å². The van der Waals surface area contributed by atoms with Gasteiger partial charge in [-0.3, -0.25) is 9.59 Å². The van der Waals surface area contributed by atoms with Gasteiger partial charge in [0.1, 0.15) is 5.54 Å². The van der Waals surface area contributed by atoms with Crippen LogP contribution in [-0.4, -0.2) is 57.7 Å². The van der Waals surface area contributed by atoms with Crippen molar-refractivity contribution in [3.05, 3.63) is 0 Å². The van der Waals surface area contributed by atoms with Crippen LogP contribution in [0.25, 0.3) is 0 Å². The molecule has 0 aromatic rings. The molecule has 0 aliphatic heterocycles. The minimum atomic E-state index is -1.51. The number of carboxylic acid groups (broad SMARTS) is 1. The quantitative estimate of drug-likeness (QED) is 0.419. The van der Waals surface area contributed by atoms with Gasteiger partial charge in [0.05, 0.1) is 25.2 Å². The van der Waals surface area contributed by atoms with E-state index in [-0.39, 0.29) is 6.42 Å². The number of carbonyl (C=O) groups is 2. The first kappa shape index (κ1) is 16.9. The molecule has 0 unspecified atom stereocenters. The number of hydrogen-bond donors (Lipinski definition) is 5. The highest BCUT2D eigenvalue weighted by molar-refractivity contribution is 5.85. The predicted molar refractivity (Wildman–Crippen MR) is 69.9 cm³/mol. The topological polar surface area (TPSA) is 127 Å². The summed E-state index contributed by atoms with van der Waals surface area (Å²) in [5, 5.41) is 39.2. The Bertz CT molecular complexity index is 339. The third-order valence-electron chi connectivity index (χ3n) is 4.08. The number of hydrogen-bond acceptors (Lipinski definition) is 5. The summed E-state index contributed by atoms with van der Waals surface area (Å²) in [7, 11) is 0. The van der Waals surface area contributed by atoms with Crippen molar-refractivity contribution in [2.45, 2.75) is 44.1 Å². The number of aliphatic hydroxyl groups excluding tert-OH is 3. The molecule has 116 valence electrons. The highest BCUT2D eigenvalue weighted by Crippen LogP contribution is 2.39. The van der Waals surface area contributed by atoms with Crippen molar-refractivity contribution in [2.24, 2.45) is 5.41 Å². The van der Waals surface area contributed by atoms with Gasteiger partial charge in [0.2, 0.25) is 5.91 Å². The van der Waals surface area contributed by atoms with E-state index in [1.807, 2.05) is 0 Å². The van der Waals surface area contributed by atoms with Gasteiger partial charge in [-0.1, -0.05) is 19.3 Å². The van der Waals surface area contributed by atoms with E-state index in [1.165, 1.54) is 0 Å². The van der Waals surface area contributed by atoms with Crippen LogP contribution in [0.1, 0.15) is 38.5 Å². The van der Waals surface area contributed by atoms with Crippen LogP contribution >= 0.6 is 0 Å². The third kappa shape index (κ3) is 3.68. The molecule has 1 aliphatic carbocycles. The van der Waals surface area contributed by atoms with Crippen molar-refractivity contribution >= 4 is 11.9 Å². The van der Waals surface area contributed by atoms with Crippen LogP contribution < -0.4 is 5.32 Å². The second-order valence-corrected chi connectivity index (χ2v) is 5.63. The van der Waals surface area contributed by atoms with Crippen molar-refractivity contribution in [3.63, 3.8) is 0 Å². The summed E-state index contributed by atoms with van der Waals surface area (Å²) in [4.78, 5) is 23.5. The first-order valence-corrected chi connectivity index (χ1v) is 6.81. The van der Waals surface area contributed by atoms with Crippen LogP contribution in [0.3, 0.4) is 0 Å². The molecule has 1 amide bonds. The number of aliphatic carboxylic acids is 1. The fraction of sp³-hybridized carbons (Fsp3) is 0.846. The molecule has 7 heteroatoms. The number of carboxylic acids is 1. The van der Waals surface area contributed by atoms with Crippen LogP contribution in [-0.2, 0) is 9.59 Å². The molecule has 0 aromatic carbocycles. The summed E-state index contributed by atoms with van der Waals surface area (Å²) in [6, 6.07) is 0. The van der Waals surface area contributed by atoms with Gasteiger partial charge in [0.15, 0.2) is 0 Å². The lowest BCUT2D eigenvalue weighted by atomic mass is 9.71. The summed E-state index contributed by atoms with van der Waals surface area (Å²) >= 11 is 0. The largest absolute Gasteiger partial charge is 0.481 e. The zero-order valence-corrected chi connectivity index (χ0v) is 11.5. The maximum Gasteiger partial charge on any atom is 0.310 e. The minimum absolute atomic E-state index is 0.204. The summed E-state index contributed by atoms with van der Waals surface area (Å²) in [6.07, 6.45) is 3.18. The summed E-state index contributed by atoms with van der Waals surface area (Å²) < 4.78 is 0. The lowest BCUT2D eigenvalue weighted by Crippen LogP contribution is -2.58. The van der Waals surface area contributed by atoms with E-state index in [2.05, 4.69) is 5.32 Å². The Labute approximate surface area is 117 Å². The molecule has 5 N–H and O–H groups in total. The van der Waals surface area contributed by atoms with Crippen molar-refractivity contribution in [1.29, 1.82) is 0 Å². The van der Waals surface area contributed by atoms with Crippen LogP contribution in [0.5, 0.6) is 0 Å². The molecule has 0 atom stereocenters. The summed E-state index contributed by atoms with van der Waals surface area (Å²) in [5.41, 5.74) is -2.58. The first-order valence-electron chi connectivity index (χ1n) is 6.81. The highest BCUT2D eigenvalue weighted by atomic mass is 16.4. The van der Waals surface area contributed by atoms with Crippen LogP contribution in [0, 0.1) is 5.41 Å². The summed E-state index contributed by atoms with van der Waals surface area (Å²) in [5.74, 6) is -1.57. The highest BCUT2D eigenvalue weighted by Gasteiger charge is 2.42. The van der Waals surface area contributed by atoms with E-state index in [0.29, 0.717) is 12.8 Å². The van der Waals surface area contributed by atoms with E-state index >= 15 is 0 Å². The molecule has 0 saturated heterocycles. The Morgan fingerprint density at radius 1 is 1.00 bits per heavy atom. The van der Waals surface area contributed by atoms with Gasteiger partial charge in [-0.05, 0) is 12.8 Å². The molecular formula is C13H23NO6. The maximum atomic E-state index is 12.0. The smallest absolute Gasteiger partial charge is 0.310 e. The van der Waals surface area contributed by atoms with Gasteiger partial charge in [0.25, 0.3) is 0 Å². The minimum Gasteiger partial charge on any atom is -0.481 e. The van der Waals surface area contributed by atoms with Crippen LogP contribution in [0.15, 0.2) is 0 Å². The molecule has 0 aromatic heterocycles. The zero-order chi connectivity index (χ0) is 15.2. The molecule has 0 radical (unpaired) electrons. The second-order valence-electron chi connectivity index (χ2n) is 5.63. The molecule has 1 rings (SSSR count). The lowest BCUT2D eigenvalue weighted by Gasteiger charge is -2.35. The molecular weight excluding hydrogens is 266 g/mol. The first-order chi connectivity index (χ1) is 9.43. The fourth-order valence-corrected chi connectivity index (χ4v) is 2.61. The normalized spacial score (nSPS) is 18.6. The van der Waals surface area contributed by atoms with Gasteiger partial charge >= 0.3 is 5.97 Å². The Balaban J connectivity index is 2.74. The van der Waals surface area contributed by atoms with Crippen molar-refractivity contribution < 1.29 is 30.0 Å². The van der Waals surface area contributed by atoms with E-state index in [9.17, 15) is 14.7 Å². The molecule has 20 heavy (non-hydrogen) atoms. The Kier molecular flexibility index (Phi) is 5.91. The zero-order valence-electron chi connectivity index (χ0n) is 11.5. The predicted octanol–water partition coefficient (Wildman–Crippen LogP) is -0.756. The maximum absolute atomic E-state index is 12.0. The average molecular weight is 289 g/mol. The molecule has 0 spiro atoms. The number of amides is 1. The number of aliphatic hydroxyl groups is 3. The van der Waals surface area contributed by atoms with Gasteiger partial charge in [-0.2, -0.15) is 0 Å². The lowest BCUT2D eigenvalue weighted by molar-refractivity contribution is -0.154. The molecule has 0 bridgehead atoms. The van der Waals surface area contributed by atoms with Gasteiger partial charge in [0, 0.05) is 6.42 Å². The molecule has 0 heterocycles. The molecule has 7 nitrogen and oxygen atoms in total. The van der Waals surface area contributed by atoms with Crippen molar-refractivity contribution in [1.82, 2.24) is 5.32 Å². The Morgan fingerprint density at radius 2 is 1.50 bits per heavy atom. The summed E-state index contributed by atoms with van der Waals surface area (Å²) in [6.45, 7) is -1.86. The number of rotatable bonds is 7. The monoisotopic (exact) mass is 289 g/mol. The Hall–Kier alpha value is -1.18. The Morgan fingerprint density at radius 3 is 1.90 bits per heavy atom. The average Bonchev–Trinajstić information content (AvgIpc) is 2.45. The SMILES string of the molecule is O=C(CC1(C(=O)O)CCCCC1)NC(CO)(CO)CO. The van der Waals surface area contributed by atoms with E-state index < -0.39 is 42.7 Å². The van der Waals surface area contributed by atoms with Gasteiger partial charge < -0.3 is 25.7 Å². The van der Waals surface area contributed by atoms with Gasteiger partial charge in [-0.15, -0.1) is 0 Å². The number of nitrogens with one attached hydrogen (secondary N) is 1. The van der Waals surface area contributed by atoms with E-state index in [4.69, 9.17) is 15.3 Å². The second kappa shape index (κ2) is 7.01. The van der Waals surface area contributed by atoms with Crippen molar-refractivity contribution in [3.8, 4) is 0 Å². The molecule has 1 saturated carbocycles. The molecule has 1 aliphatic rings. The van der Waals surface area contributed by atoms with E-state index in [0.717, 1.165) is 19.3 Å². The third-order valence-corrected chi connectivity index (χ3v) is 4.08. The van der Waals surface area contributed by atoms with Crippen molar-refractivity contribution in [2.75, 3.05) is 19.8 Å². The number of carbonyl (C=O) groups excluding carboxylic acids is 1. The van der Waals surface area contributed by atoms with Crippen LogP contribution in [0.4, 0.5) is 0 Å². The van der Waals surface area contributed by atoms with Crippen LogP contribution in [0.2, 0.25) is 0 Å². The van der Waals surface area contributed by atoms with E-state index in [1.54, 1.807) is 0 Å². The fourth-order valence-electron chi connectivity index (χ4n) is 2.61.